The molecule has 90 valence electrons. The van der Waals surface area contributed by atoms with Gasteiger partial charge in [-0.1, -0.05) is 26.7 Å². The number of hydrogen-bond acceptors (Lipinski definition) is 2. The van der Waals surface area contributed by atoms with E-state index in [1.54, 1.807) is 0 Å². The average Bonchev–Trinajstić information content (AvgIpc) is 2.18. The molecule has 0 radical (unpaired) electrons. The Bertz CT molecular complexity index is 161. The molecular formula is C13H27NS. The smallest absolute Gasteiger partial charge is 0.00496 e. The van der Waals surface area contributed by atoms with Crippen LogP contribution in [0.1, 0.15) is 52.9 Å². The lowest BCUT2D eigenvalue weighted by molar-refractivity contribution is 0.394. The number of rotatable bonds is 6. The van der Waals surface area contributed by atoms with Crippen molar-refractivity contribution in [2.24, 2.45) is 5.92 Å². The molecular weight excluding hydrogens is 202 g/mol. The molecule has 1 fully saturated rings. The van der Waals surface area contributed by atoms with Crippen LogP contribution in [0.25, 0.3) is 0 Å². The second-order valence-electron chi connectivity index (χ2n) is 5.01. The molecule has 1 saturated carbocycles. The summed E-state index contributed by atoms with van der Waals surface area (Å²) in [4.78, 5) is 0. The summed E-state index contributed by atoms with van der Waals surface area (Å²) < 4.78 is 0. The van der Waals surface area contributed by atoms with Crippen LogP contribution in [-0.4, -0.2) is 23.6 Å². The van der Waals surface area contributed by atoms with Gasteiger partial charge in [-0.2, -0.15) is 11.8 Å². The van der Waals surface area contributed by atoms with Crippen LogP contribution in [-0.2, 0) is 0 Å². The third-order valence-corrected chi connectivity index (χ3v) is 4.72. The van der Waals surface area contributed by atoms with Gasteiger partial charge in [-0.15, -0.1) is 0 Å². The molecule has 0 aliphatic heterocycles. The van der Waals surface area contributed by atoms with Crippen molar-refractivity contribution in [1.82, 2.24) is 5.32 Å². The SMILES string of the molecule is CCNC(C)CCSC1CCCC(C)C1. The first-order valence-electron chi connectivity index (χ1n) is 6.57. The van der Waals surface area contributed by atoms with Gasteiger partial charge in [-0.3, -0.25) is 0 Å². The van der Waals surface area contributed by atoms with E-state index in [1.807, 2.05) is 0 Å². The topological polar surface area (TPSA) is 12.0 Å². The van der Waals surface area contributed by atoms with Crippen LogP contribution in [0.5, 0.6) is 0 Å². The van der Waals surface area contributed by atoms with E-state index >= 15 is 0 Å². The van der Waals surface area contributed by atoms with Crippen LogP contribution in [0.4, 0.5) is 0 Å². The molecule has 0 spiro atoms. The van der Waals surface area contributed by atoms with Gasteiger partial charge >= 0.3 is 0 Å². The molecule has 0 aromatic rings. The maximum atomic E-state index is 3.48. The van der Waals surface area contributed by atoms with Crippen molar-refractivity contribution in [1.29, 1.82) is 0 Å². The minimum absolute atomic E-state index is 0.698. The molecule has 3 unspecified atom stereocenters. The van der Waals surface area contributed by atoms with E-state index in [2.05, 4.69) is 37.8 Å². The first-order chi connectivity index (χ1) is 7.22. The van der Waals surface area contributed by atoms with E-state index in [0.717, 1.165) is 17.7 Å². The maximum absolute atomic E-state index is 3.48. The summed E-state index contributed by atoms with van der Waals surface area (Å²) in [6.07, 6.45) is 7.17. The Morgan fingerprint density at radius 3 is 2.87 bits per heavy atom. The van der Waals surface area contributed by atoms with E-state index in [4.69, 9.17) is 0 Å². The Morgan fingerprint density at radius 2 is 2.20 bits per heavy atom. The van der Waals surface area contributed by atoms with Crippen molar-refractivity contribution in [2.75, 3.05) is 12.3 Å². The van der Waals surface area contributed by atoms with Gasteiger partial charge in [0.05, 0.1) is 0 Å². The molecule has 1 rings (SSSR count). The van der Waals surface area contributed by atoms with Crippen molar-refractivity contribution in [2.45, 2.75) is 64.2 Å². The van der Waals surface area contributed by atoms with Gasteiger partial charge in [0.1, 0.15) is 0 Å². The van der Waals surface area contributed by atoms with Gasteiger partial charge in [-0.25, -0.2) is 0 Å². The second-order valence-corrected chi connectivity index (χ2v) is 6.42. The second kappa shape index (κ2) is 7.56. The summed E-state index contributed by atoms with van der Waals surface area (Å²) in [5.74, 6) is 2.31. The lowest BCUT2D eigenvalue weighted by Gasteiger charge is -2.26. The molecule has 0 heterocycles. The van der Waals surface area contributed by atoms with Crippen molar-refractivity contribution in [3.8, 4) is 0 Å². The molecule has 0 aromatic heterocycles. The molecule has 0 bridgehead atoms. The summed E-state index contributed by atoms with van der Waals surface area (Å²) in [5.41, 5.74) is 0. The highest BCUT2D eigenvalue weighted by atomic mass is 32.2. The minimum Gasteiger partial charge on any atom is -0.315 e. The van der Waals surface area contributed by atoms with Crippen LogP contribution in [0, 0.1) is 5.92 Å². The van der Waals surface area contributed by atoms with Crippen molar-refractivity contribution in [3.05, 3.63) is 0 Å². The molecule has 1 aliphatic carbocycles. The summed E-state index contributed by atoms with van der Waals surface area (Å²) in [6, 6.07) is 0.698. The third-order valence-electron chi connectivity index (χ3n) is 3.35. The summed E-state index contributed by atoms with van der Waals surface area (Å²) in [5, 5.41) is 4.44. The molecule has 1 aliphatic rings. The van der Waals surface area contributed by atoms with Gasteiger partial charge in [0, 0.05) is 11.3 Å². The van der Waals surface area contributed by atoms with E-state index < -0.39 is 0 Å². The Morgan fingerprint density at radius 1 is 1.40 bits per heavy atom. The highest BCUT2D eigenvalue weighted by molar-refractivity contribution is 7.99. The zero-order chi connectivity index (χ0) is 11.1. The van der Waals surface area contributed by atoms with Gasteiger partial charge in [0.25, 0.3) is 0 Å². The van der Waals surface area contributed by atoms with Gasteiger partial charge in [0.15, 0.2) is 0 Å². The fourth-order valence-electron chi connectivity index (χ4n) is 2.39. The zero-order valence-electron chi connectivity index (χ0n) is 10.6. The van der Waals surface area contributed by atoms with E-state index in [1.165, 1.54) is 37.9 Å². The fourth-order valence-corrected chi connectivity index (χ4v) is 4.01. The monoisotopic (exact) mass is 229 g/mol. The summed E-state index contributed by atoms with van der Waals surface area (Å²) in [7, 11) is 0. The van der Waals surface area contributed by atoms with Gasteiger partial charge < -0.3 is 5.32 Å². The van der Waals surface area contributed by atoms with Crippen LogP contribution in [0.15, 0.2) is 0 Å². The molecule has 0 saturated heterocycles. The Hall–Kier alpha value is 0.310. The highest BCUT2D eigenvalue weighted by Crippen LogP contribution is 2.32. The molecule has 1 N–H and O–H groups in total. The highest BCUT2D eigenvalue weighted by Gasteiger charge is 2.18. The van der Waals surface area contributed by atoms with Gasteiger partial charge in [-0.05, 0) is 44.4 Å². The Labute approximate surface area is 99.8 Å². The standard InChI is InChI=1S/C13H27NS/c1-4-14-12(3)8-9-15-13-7-5-6-11(2)10-13/h11-14H,4-10H2,1-3H3. The van der Waals surface area contributed by atoms with E-state index in [0.29, 0.717) is 6.04 Å². The predicted molar refractivity (Wildman–Crippen MR) is 71.6 cm³/mol. The molecule has 2 heteroatoms. The molecule has 3 atom stereocenters. The molecule has 0 aromatic carbocycles. The number of hydrogen-bond donors (Lipinski definition) is 1. The van der Waals surface area contributed by atoms with Crippen molar-refractivity contribution in [3.63, 3.8) is 0 Å². The van der Waals surface area contributed by atoms with E-state index in [-0.39, 0.29) is 0 Å². The lowest BCUT2D eigenvalue weighted by atomic mass is 9.91. The van der Waals surface area contributed by atoms with Crippen molar-refractivity contribution < 1.29 is 0 Å². The molecule has 15 heavy (non-hydrogen) atoms. The van der Waals surface area contributed by atoms with Crippen LogP contribution in [0.3, 0.4) is 0 Å². The maximum Gasteiger partial charge on any atom is 0.00496 e. The van der Waals surface area contributed by atoms with Crippen LogP contribution < -0.4 is 5.32 Å². The van der Waals surface area contributed by atoms with Crippen molar-refractivity contribution >= 4 is 11.8 Å². The predicted octanol–water partition coefficient (Wildman–Crippen LogP) is 3.69. The fraction of sp³-hybridized carbons (Fsp3) is 1.00. The Kier molecular flexibility index (Phi) is 6.74. The first-order valence-corrected chi connectivity index (χ1v) is 7.62. The quantitative estimate of drug-likeness (QED) is 0.745. The molecule has 0 amide bonds. The number of nitrogens with one attached hydrogen (secondary N) is 1. The van der Waals surface area contributed by atoms with Crippen LogP contribution >= 0.6 is 11.8 Å². The third kappa shape index (κ3) is 5.82. The number of thioether (sulfide) groups is 1. The van der Waals surface area contributed by atoms with Gasteiger partial charge in [0.2, 0.25) is 0 Å². The Balaban J connectivity index is 2.03. The van der Waals surface area contributed by atoms with E-state index in [9.17, 15) is 0 Å². The lowest BCUT2D eigenvalue weighted by Crippen LogP contribution is -2.26. The average molecular weight is 229 g/mol. The zero-order valence-corrected chi connectivity index (χ0v) is 11.4. The van der Waals surface area contributed by atoms with Crippen LogP contribution in [0.2, 0.25) is 0 Å². The normalized spacial score (nSPS) is 29.0. The summed E-state index contributed by atoms with van der Waals surface area (Å²) >= 11 is 2.22. The summed E-state index contributed by atoms with van der Waals surface area (Å²) in [6.45, 7) is 8.00. The first kappa shape index (κ1) is 13.4. The largest absolute Gasteiger partial charge is 0.315 e. The molecule has 1 nitrogen and oxygen atoms in total. The minimum atomic E-state index is 0.698.